The molecule has 1 fully saturated rings. The van der Waals surface area contributed by atoms with E-state index in [0.717, 1.165) is 19.4 Å². The van der Waals surface area contributed by atoms with Crippen LogP contribution in [0.25, 0.3) is 0 Å². The molecule has 1 aromatic rings. The van der Waals surface area contributed by atoms with Crippen molar-refractivity contribution in [2.24, 2.45) is 5.73 Å². The van der Waals surface area contributed by atoms with Gasteiger partial charge in [0.2, 0.25) is 0 Å². The topological polar surface area (TPSA) is 62.1 Å². The molecule has 0 saturated carbocycles. The Morgan fingerprint density at radius 2 is 2.38 bits per heavy atom. The minimum atomic E-state index is -0.0166. The maximum Gasteiger partial charge on any atom is 0.270 e. The van der Waals surface area contributed by atoms with E-state index in [1.54, 1.807) is 17.2 Å². The number of nitrogens with two attached hydrogens (primary N) is 1. The summed E-state index contributed by atoms with van der Waals surface area (Å²) in [5.74, 6) is -0.0166. The van der Waals surface area contributed by atoms with Crippen LogP contribution < -0.4 is 5.73 Å². The largest absolute Gasteiger partial charge is 0.356 e. The van der Waals surface area contributed by atoms with Gasteiger partial charge >= 0.3 is 0 Å². The van der Waals surface area contributed by atoms with E-state index in [1.165, 1.54) is 0 Å². The number of likely N-dealkylation sites (tertiary alicyclic amines) is 1. The summed E-state index contributed by atoms with van der Waals surface area (Å²) in [6.45, 7) is 1.42. The number of carbonyl (C=O) groups excluding carboxylic acids is 1. The van der Waals surface area contributed by atoms with Crippen molar-refractivity contribution in [1.82, 2.24) is 9.88 Å². The first-order valence-electron chi connectivity index (χ1n) is 5.05. The molecule has 1 atom stereocenters. The van der Waals surface area contributed by atoms with E-state index in [9.17, 15) is 4.79 Å². The van der Waals surface area contributed by atoms with Crippen molar-refractivity contribution < 1.29 is 4.79 Å². The van der Waals surface area contributed by atoms with Crippen molar-refractivity contribution in [2.75, 3.05) is 13.1 Å². The number of piperidine rings is 1. The van der Waals surface area contributed by atoms with Crippen LogP contribution in [0.4, 0.5) is 0 Å². The Morgan fingerprint density at radius 3 is 2.94 bits per heavy atom. The van der Waals surface area contributed by atoms with Crippen molar-refractivity contribution in [1.29, 1.82) is 0 Å². The highest BCUT2D eigenvalue weighted by molar-refractivity contribution is 6.30. The molecular formula is C10H15Cl2N3O. The molecule has 2 heterocycles. The van der Waals surface area contributed by atoms with Crippen molar-refractivity contribution in [3.05, 3.63) is 23.0 Å². The minimum absolute atomic E-state index is 0. The lowest BCUT2D eigenvalue weighted by atomic mass is 10.1. The number of amides is 1. The molecule has 4 nitrogen and oxygen atoms in total. The maximum absolute atomic E-state index is 11.9. The zero-order valence-electron chi connectivity index (χ0n) is 8.78. The Kier molecular flexibility index (Phi) is 4.65. The molecule has 1 aliphatic rings. The van der Waals surface area contributed by atoms with Crippen LogP contribution in [0.2, 0.25) is 5.02 Å². The molecule has 0 spiro atoms. The monoisotopic (exact) mass is 263 g/mol. The standard InChI is InChI=1S/C10H14ClN3O.ClH/c11-7-4-9(13-5-7)10(15)14-3-1-2-8(12)6-14;/h4-5,8,13H,1-3,6,12H2;1H/t8-;/m1./s1. The van der Waals surface area contributed by atoms with Gasteiger partial charge in [0.1, 0.15) is 5.69 Å². The molecular weight excluding hydrogens is 249 g/mol. The average molecular weight is 264 g/mol. The number of hydrogen-bond acceptors (Lipinski definition) is 2. The molecule has 1 amide bonds. The second kappa shape index (κ2) is 5.57. The quantitative estimate of drug-likeness (QED) is 0.810. The second-order valence-electron chi connectivity index (χ2n) is 3.89. The zero-order chi connectivity index (χ0) is 10.8. The predicted octanol–water partition coefficient (Wildman–Crippen LogP) is 1.65. The molecule has 0 radical (unpaired) electrons. The molecule has 1 saturated heterocycles. The van der Waals surface area contributed by atoms with Crippen LogP contribution in [0.3, 0.4) is 0 Å². The van der Waals surface area contributed by atoms with Crippen molar-refractivity contribution in [3.8, 4) is 0 Å². The SMILES string of the molecule is Cl.N[C@@H]1CCCN(C(=O)c2cc(Cl)c[nH]2)C1. The summed E-state index contributed by atoms with van der Waals surface area (Å²) in [5, 5.41) is 0.555. The highest BCUT2D eigenvalue weighted by Gasteiger charge is 2.22. The van der Waals surface area contributed by atoms with Gasteiger partial charge in [0, 0.05) is 25.3 Å². The van der Waals surface area contributed by atoms with Crippen LogP contribution in [0.5, 0.6) is 0 Å². The number of H-pyrrole nitrogens is 1. The van der Waals surface area contributed by atoms with E-state index in [-0.39, 0.29) is 24.4 Å². The van der Waals surface area contributed by atoms with Crippen LogP contribution in [-0.2, 0) is 0 Å². The van der Waals surface area contributed by atoms with Gasteiger partial charge in [0.25, 0.3) is 5.91 Å². The second-order valence-corrected chi connectivity index (χ2v) is 4.32. The highest BCUT2D eigenvalue weighted by atomic mass is 35.5. The van der Waals surface area contributed by atoms with E-state index >= 15 is 0 Å². The van der Waals surface area contributed by atoms with E-state index in [0.29, 0.717) is 17.3 Å². The molecule has 0 aliphatic carbocycles. The van der Waals surface area contributed by atoms with Crippen molar-refractivity contribution in [2.45, 2.75) is 18.9 Å². The molecule has 6 heteroatoms. The number of aromatic amines is 1. The Balaban J connectivity index is 0.00000128. The predicted molar refractivity (Wildman–Crippen MR) is 66.2 cm³/mol. The lowest BCUT2D eigenvalue weighted by molar-refractivity contribution is 0.0703. The van der Waals surface area contributed by atoms with Crippen LogP contribution in [0.15, 0.2) is 12.3 Å². The molecule has 0 unspecified atom stereocenters. The first-order valence-corrected chi connectivity index (χ1v) is 5.43. The normalized spacial score (nSPS) is 20.4. The maximum atomic E-state index is 11.9. The third kappa shape index (κ3) is 2.90. The molecule has 0 bridgehead atoms. The van der Waals surface area contributed by atoms with Gasteiger partial charge in [0.05, 0.1) is 5.02 Å². The number of carbonyl (C=O) groups is 1. The Labute approximate surface area is 106 Å². The summed E-state index contributed by atoms with van der Waals surface area (Å²) in [5.41, 5.74) is 6.35. The lowest BCUT2D eigenvalue weighted by Gasteiger charge is -2.30. The highest BCUT2D eigenvalue weighted by Crippen LogP contribution is 2.15. The molecule has 3 N–H and O–H groups in total. The molecule has 90 valence electrons. The lowest BCUT2D eigenvalue weighted by Crippen LogP contribution is -2.45. The molecule has 1 aromatic heterocycles. The van der Waals surface area contributed by atoms with E-state index in [1.807, 2.05) is 0 Å². The van der Waals surface area contributed by atoms with E-state index < -0.39 is 0 Å². The van der Waals surface area contributed by atoms with Gasteiger partial charge in [-0.1, -0.05) is 11.6 Å². The van der Waals surface area contributed by atoms with E-state index in [2.05, 4.69) is 4.98 Å². The van der Waals surface area contributed by atoms with Crippen molar-refractivity contribution >= 4 is 29.9 Å². The van der Waals surface area contributed by atoms with Crippen LogP contribution in [0.1, 0.15) is 23.3 Å². The summed E-state index contributed by atoms with van der Waals surface area (Å²) in [7, 11) is 0. The van der Waals surface area contributed by atoms with Gasteiger partial charge < -0.3 is 15.6 Å². The first-order chi connectivity index (χ1) is 7.16. The third-order valence-electron chi connectivity index (χ3n) is 2.62. The minimum Gasteiger partial charge on any atom is -0.356 e. The number of nitrogens with zero attached hydrogens (tertiary/aromatic N) is 1. The molecule has 16 heavy (non-hydrogen) atoms. The number of hydrogen-bond donors (Lipinski definition) is 2. The number of halogens is 2. The van der Waals surface area contributed by atoms with Crippen molar-refractivity contribution in [3.63, 3.8) is 0 Å². The zero-order valence-corrected chi connectivity index (χ0v) is 10.4. The summed E-state index contributed by atoms with van der Waals surface area (Å²) in [4.78, 5) is 16.6. The Hall–Kier alpha value is -0.710. The Morgan fingerprint density at radius 1 is 1.62 bits per heavy atom. The number of rotatable bonds is 1. The van der Waals surface area contributed by atoms with Gasteiger partial charge in [-0.3, -0.25) is 4.79 Å². The summed E-state index contributed by atoms with van der Waals surface area (Å²) < 4.78 is 0. The van der Waals surface area contributed by atoms with Crippen LogP contribution in [-0.4, -0.2) is 34.9 Å². The van der Waals surface area contributed by atoms with Gasteiger partial charge in [-0.15, -0.1) is 12.4 Å². The van der Waals surface area contributed by atoms with Crippen LogP contribution >= 0.6 is 24.0 Å². The summed E-state index contributed by atoms with van der Waals surface area (Å²) in [6.07, 6.45) is 3.58. The molecule has 2 rings (SSSR count). The van der Waals surface area contributed by atoms with Gasteiger partial charge in [-0.05, 0) is 18.9 Å². The van der Waals surface area contributed by atoms with Gasteiger partial charge in [0.15, 0.2) is 0 Å². The average Bonchev–Trinajstić information content (AvgIpc) is 2.64. The first kappa shape index (κ1) is 13.4. The third-order valence-corrected chi connectivity index (χ3v) is 2.84. The van der Waals surface area contributed by atoms with Gasteiger partial charge in [-0.25, -0.2) is 0 Å². The van der Waals surface area contributed by atoms with Gasteiger partial charge in [-0.2, -0.15) is 0 Å². The molecule has 0 aromatic carbocycles. The Bertz CT molecular complexity index is 367. The van der Waals surface area contributed by atoms with E-state index in [4.69, 9.17) is 17.3 Å². The summed E-state index contributed by atoms with van der Waals surface area (Å²) >= 11 is 5.75. The van der Waals surface area contributed by atoms with Crippen LogP contribution in [0, 0.1) is 0 Å². The fourth-order valence-electron chi connectivity index (χ4n) is 1.86. The fraction of sp³-hybridized carbons (Fsp3) is 0.500. The molecule has 1 aliphatic heterocycles. The number of aromatic nitrogens is 1. The summed E-state index contributed by atoms with van der Waals surface area (Å²) in [6, 6.07) is 1.75. The smallest absolute Gasteiger partial charge is 0.270 e. The fourth-order valence-corrected chi connectivity index (χ4v) is 2.02. The number of nitrogens with one attached hydrogen (secondary N) is 1.